The molecular formula is C22H18N2O3. The number of nitriles is 1. The van der Waals surface area contributed by atoms with Crippen LogP contribution in [0.3, 0.4) is 0 Å². The van der Waals surface area contributed by atoms with Crippen LogP contribution in [0.4, 0.5) is 0 Å². The minimum Gasteiger partial charge on any atom is -0.477 e. The van der Waals surface area contributed by atoms with Crippen LogP contribution in [-0.2, 0) is 7.05 Å². The zero-order valence-electron chi connectivity index (χ0n) is 15.3. The highest BCUT2D eigenvalue weighted by molar-refractivity contribution is 5.98. The summed E-state index contributed by atoms with van der Waals surface area (Å²) in [7, 11) is 1.64. The smallest absolute Gasteiger partial charge is 0.353 e. The number of nitrogens with zero attached hydrogens (tertiary/aromatic N) is 2. The third-order valence-electron chi connectivity index (χ3n) is 4.78. The molecule has 0 unspecified atom stereocenters. The summed E-state index contributed by atoms with van der Waals surface area (Å²) in [6.07, 6.45) is 0. The van der Waals surface area contributed by atoms with Crippen LogP contribution in [-0.4, -0.2) is 21.4 Å². The second kappa shape index (κ2) is 6.93. The largest absolute Gasteiger partial charge is 0.477 e. The molecule has 0 aliphatic heterocycles. The van der Waals surface area contributed by atoms with Gasteiger partial charge in [-0.05, 0) is 36.6 Å². The number of aromatic nitrogens is 1. The number of benzene rings is 2. The van der Waals surface area contributed by atoms with Gasteiger partial charge in [-0.25, -0.2) is 4.79 Å². The lowest BCUT2D eigenvalue weighted by Gasteiger charge is -2.07. The van der Waals surface area contributed by atoms with Crippen molar-refractivity contribution in [3.05, 3.63) is 71.0 Å². The summed E-state index contributed by atoms with van der Waals surface area (Å²) in [6.45, 7) is 3.26. The van der Waals surface area contributed by atoms with Crippen LogP contribution in [0.1, 0.15) is 39.0 Å². The lowest BCUT2D eigenvalue weighted by atomic mass is 9.96. The predicted octanol–water partition coefficient (Wildman–Crippen LogP) is 4.44. The van der Waals surface area contributed by atoms with Crippen molar-refractivity contribution in [1.29, 1.82) is 5.26 Å². The Hall–Kier alpha value is -3.65. The van der Waals surface area contributed by atoms with Gasteiger partial charge in [0.25, 0.3) is 0 Å². The molecule has 2 aromatic carbocycles. The molecule has 0 aliphatic carbocycles. The first-order valence-electron chi connectivity index (χ1n) is 8.39. The summed E-state index contributed by atoms with van der Waals surface area (Å²) < 4.78 is 1.53. The monoisotopic (exact) mass is 358 g/mol. The van der Waals surface area contributed by atoms with Gasteiger partial charge in [-0.2, -0.15) is 5.26 Å². The maximum absolute atomic E-state index is 11.7. The molecule has 0 fully saturated rings. The third kappa shape index (κ3) is 3.13. The molecule has 0 bridgehead atoms. The van der Waals surface area contributed by atoms with Crippen LogP contribution >= 0.6 is 0 Å². The Bertz CT molecular complexity index is 1100. The highest BCUT2D eigenvalue weighted by Gasteiger charge is 2.24. The molecule has 0 radical (unpaired) electrons. The molecule has 0 amide bonds. The van der Waals surface area contributed by atoms with Crippen molar-refractivity contribution in [3.63, 3.8) is 0 Å². The van der Waals surface area contributed by atoms with E-state index in [0.29, 0.717) is 27.9 Å². The maximum Gasteiger partial charge on any atom is 0.353 e. The number of ketones is 1. The van der Waals surface area contributed by atoms with Crippen LogP contribution in [0.2, 0.25) is 0 Å². The first kappa shape index (κ1) is 18.2. The summed E-state index contributed by atoms with van der Waals surface area (Å²) in [4.78, 5) is 23.3. The molecule has 5 heteroatoms. The quantitative estimate of drug-likeness (QED) is 0.699. The Morgan fingerprint density at radius 1 is 1.04 bits per heavy atom. The molecule has 5 nitrogen and oxygen atoms in total. The number of rotatable bonds is 4. The van der Waals surface area contributed by atoms with Gasteiger partial charge in [-0.15, -0.1) is 0 Å². The van der Waals surface area contributed by atoms with E-state index in [9.17, 15) is 20.0 Å². The molecule has 0 spiro atoms. The summed E-state index contributed by atoms with van der Waals surface area (Å²) in [5.41, 5.74) is 4.60. The summed E-state index contributed by atoms with van der Waals surface area (Å²) in [5.74, 6) is -1.08. The Morgan fingerprint density at radius 2 is 1.67 bits per heavy atom. The average Bonchev–Trinajstić information content (AvgIpc) is 2.92. The van der Waals surface area contributed by atoms with E-state index >= 15 is 0 Å². The molecule has 0 saturated heterocycles. The number of carbonyl (C=O) groups excluding carboxylic acids is 1. The van der Waals surface area contributed by atoms with Crippen LogP contribution in [0.15, 0.2) is 48.5 Å². The second-order valence-corrected chi connectivity index (χ2v) is 6.37. The van der Waals surface area contributed by atoms with Gasteiger partial charge < -0.3 is 9.67 Å². The van der Waals surface area contributed by atoms with Gasteiger partial charge in [0.05, 0.1) is 5.56 Å². The van der Waals surface area contributed by atoms with E-state index < -0.39 is 5.97 Å². The first-order chi connectivity index (χ1) is 12.8. The van der Waals surface area contributed by atoms with Crippen molar-refractivity contribution < 1.29 is 14.7 Å². The molecular weight excluding hydrogens is 340 g/mol. The zero-order chi connectivity index (χ0) is 19.7. The molecule has 1 heterocycles. The van der Waals surface area contributed by atoms with Crippen LogP contribution in [0.5, 0.6) is 0 Å². The fourth-order valence-electron chi connectivity index (χ4n) is 3.22. The van der Waals surface area contributed by atoms with E-state index in [4.69, 9.17) is 0 Å². The van der Waals surface area contributed by atoms with Gasteiger partial charge in [0.15, 0.2) is 5.78 Å². The highest BCUT2D eigenvalue weighted by atomic mass is 16.4. The molecule has 1 aromatic heterocycles. The van der Waals surface area contributed by atoms with Crippen molar-refractivity contribution in [1.82, 2.24) is 4.57 Å². The van der Waals surface area contributed by atoms with Gasteiger partial charge in [0.1, 0.15) is 11.8 Å². The first-order valence-corrected chi connectivity index (χ1v) is 8.39. The number of Topliss-reactive ketones (excluding diaryl/α,β-unsaturated/α-hetero) is 1. The SMILES string of the molecule is CC(=O)c1cccc(-c2ccc(-c3c(C#N)c(C)n(C)c3C(=O)O)cc2)c1. The van der Waals surface area contributed by atoms with E-state index in [1.165, 1.54) is 11.5 Å². The fourth-order valence-corrected chi connectivity index (χ4v) is 3.22. The van der Waals surface area contributed by atoms with Gasteiger partial charge in [-0.1, -0.05) is 42.5 Å². The summed E-state index contributed by atoms with van der Waals surface area (Å²) in [5, 5.41) is 19.1. The standard InChI is InChI=1S/C22H18N2O3/c1-13-19(12-23)20(21(22(26)27)24(13)3)16-9-7-15(8-10-16)18-6-4-5-17(11-18)14(2)25/h4-11H,1-3H3,(H,26,27). The van der Waals surface area contributed by atoms with Crippen molar-refractivity contribution in [3.8, 4) is 28.3 Å². The maximum atomic E-state index is 11.7. The summed E-state index contributed by atoms with van der Waals surface area (Å²) in [6, 6.07) is 16.8. The molecule has 3 aromatic rings. The molecule has 1 N–H and O–H groups in total. The van der Waals surface area contributed by atoms with Gasteiger partial charge in [-0.3, -0.25) is 4.79 Å². The number of hydrogen-bond acceptors (Lipinski definition) is 3. The Morgan fingerprint density at radius 3 is 2.22 bits per heavy atom. The second-order valence-electron chi connectivity index (χ2n) is 6.37. The van der Waals surface area contributed by atoms with Crippen LogP contribution < -0.4 is 0 Å². The number of carboxylic acids is 1. The van der Waals surface area contributed by atoms with E-state index in [2.05, 4.69) is 6.07 Å². The zero-order valence-corrected chi connectivity index (χ0v) is 15.3. The van der Waals surface area contributed by atoms with Crippen molar-refractivity contribution in [2.75, 3.05) is 0 Å². The Kier molecular flexibility index (Phi) is 4.66. The molecule has 27 heavy (non-hydrogen) atoms. The minimum atomic E-state index is -1.07. The topological polar surface area (TPSA) is 83.1 Å². The van der Waals surface area contributed by atoms with Crippen LogP contribution in [0, 0.1) is 18.3 Å². The summed E-state index contributed by atoms with van der Waals surface area (Å²) >= 11 is 0. The predicted molar refractivity (Wildman–Crippen MR) is 103 cm³/mol. The lowest BCUT2D eigenvalue weighted by Crippen LogP contribution is -2.06. The number of aromatic carboxylic acids is 1. The molecule has 3 rings (SSSR count). The van der Waals surface area contributed by atoms with E-state index in [1.807, 2.05) is 30.3 Å². The van der Waals surface area contributed by atoms with E-state index in [0.717, 1.165) is 11.1 Å². The average molecular weight is 358 g/mol. The van der Waals surface area contributed by atoms with Crippen molar-refractivity contribution in [2.45, 2.75) is 13.8 Å². The number of carboxylic acid groups (broad SMARTS) is 1. The third-order valence-corrected chi connectivity index (χ3v) is 4.78. The highest BCUT2D eigenvalue weighted by Crippen LogP contribution is 2.33. The molecule has 0 saturated carbocycles. The number of carbonyl (C=O) groups is 2. The molecule has 0 atom stereocenters. The minimum absolute atomic E-state index is 0.00186. The van der Waals surface area contributed by atoms with Crippen molar-refractivity contribution >= 4 is 11.8 Å². The van der Waals surface area contributed by atoms with E-state index in [1.54, 1.807) is 32.2 Å². The van der Waals surface area contributed by atoms with Crippen LogP contribution in [0.25, 0.3) is 22.3 Å². The normalized spacial score (nSPS) is 10.4. The molecule has 0 aliphatic rings. The number of hydrogen-bond donors (Lipinski definition) is 1. The lowest BCUT2D eigenvalue weighted by molar-refractivity contribution is 0.0687. The van der Waals surface area contributed by atoms with Gasteiger partial charge >= 0.3 is 5.97 Å². The van der Waals surface area contributed by atoms with Crippen molar-refractivity contribution in [2.24, 2.45) is 7.05 Å². The van der Waals surface area contributed by atoms with Gasteiger partial charge in [0, 0.05) is 23.9 Å². The van der Waals surface area contributed by atoms with E-state index in [-0.39, 0.29) is 11.5 Å². The Labute approximate surface area is 157 Å². The fraction of sp³-hybridized carbons (Fsp3) is 0.136. The van der Waals surface area contributed by atoms with Gasteiger partial charge in [0.2, 0.25) is 0 Å². The molecule has 134 valence electrons. The Balaban J connectivity index is 2.11.